The Morgan fingerprint density at radius 1 is 0.514 bits per heavy atom. The average Bonchev–Trinajstić information content (AvgIpc) is 3.34. The predicted octanol–water partition coefficient (Wildman–Crippen LogP) is 17.4. The lowest BCUT2D eigenvalue weighted by Gasteiger charge is -2.27. The van der Waals surface area contributed by atoms with Gasteiger partial charge in [0.2, 0.25) is 5.91 Å². The minimum atomic E-state index is -4.47. The topological polar surface area (TPSA) is 111 Å². The van der Waals surface area contributed by atoms with E-state index in [1.54, 1.807) is 0 Å². The maximum atomic E-state index is 13.5. The Kier molecular flexibility index (Phi) is 48.8. The molecule has 0 aromatic heterocycles. The summed E-state index contributed by atoms with van der Waals surface area (Å²) in [5.41, 5.74) is 0. The zero-order valence-corrected chi connectivity index (χ0v) is 47.8. The second-order valence-electron chi connectivity index (χ2n) is 20.1. The van der Waals surface area contributed by atoms with Crippen molar-refractivity contribution in [2.45, 2.75) is 232 Å². The number of unbranched alkanes of at least 4 members (excludes halogenated alkanes) is 19. The summed E-state index contributed by atoms with van der Waals surface area (Å²) in [5.74, 6) is -0.642. The van der Waals surface area contributed by atoms with Crippen molar-refractivity contribution < 1.29 is 37.3 Å². The lowest BCUT2D eigenvalue weighted by atomic mass is 10.1. The van der Waals surface area contributed by atoms with E-state index in [1.807, 2.05) is 45.4 Å². The molecular weight excluding hydrogens is 916 g/mol. The standard InChI is InChI=1S/C62H107N2O7P/c1-7-10-13-16-19-22-25-27-29-31-32-33-35-37-40-43-46-49-52-55-62(66)71-60(53-50-47-44-41-38-24-21-18-15-12-9-3)59(58-70-72(67,68)69-57-56-64(4,5)6)63-61(65)54-51-48-45-42-39-36-34-30-28-26-23-20-17-14-11-8-2/h10,13,19,22,27,29-30,32-34,36-37,39-40,46,49-50,53,59-60H,7-9,11-12,14-18,20-21,23-26,28,31,35,38,41-45,47-48,51-52,54-58H2,1-6H3,(H-,63,65,67,68)/p+1/b13-10-,22-19-,29-27-,33-32-,34-30+,39-36+,40-37-,49-46-,53-50+. The number of nitrogens with one attached hydrogen (secondary N) is 1. The number of hydrogen-bond acceptors (Lipinski definition) is 6. The van der Waals surface area contributed by atoms with Crippen molar-refractivity contribution in [1.29, 1.82) is 0 Å². The largest absolute Gasteiger partial charge is 0.472 e. The minimum Gasteiger partial charge on any atom is -0.456 e. The van der Waals surface area contributed by atoms with Crippen LogP contribution in [-0.2, 0) is 27.9 Å². The predicted molar refractivity (Wildman–Crippen MR) is 309 cm³/mol. The first-order valence-corrected chi connectivity index (χ1v) is 30.2. The van der Waals surface area contributed by atoms with Gasteiger partial charge in [0, 0.05) is 12.8 Å². The minimum absolute atomic E-state index is 0.0185. The Bertz CT molecular complexity index is 1600. The maximum absolute atomic E-state index is 13.5. The third-order valence-corrected chi connectivity index (χ3v) is 13.0. The summed E-state index contributed by atoms with van der Waals surface area (Å²) in [7, 11) is 1.42. The summed E-state index contributed by atoms with van der Waals surface area (Å²) < 4.78 is 30.5. The second-order valence-corrected chi connectivity index (χ2v) is 21.6. The van der Waals surface area contributed by atoms with Crippen LogP contribution in [0.3, 0.4) is 0 Å². The summed E-state index contributed by atoms with van der Waals surface area (Å²) in [5, 5.41) is 3.01. The number of ether oxygens (including phenoxy) is 1. The van der Waals surface area contributed by atoms with Gasteiger partial charge in [-0.25, -0.2) is 4.57 Å². The van der Waals surface area contributed by atoms with Crippen LogP contribution in [0.1, 0.15) is 220 Å². The Labute approximate surface area is 442 Å². The van der Waals surface area contributed by atoms with Crippen molar-refractivity contribution in [3.8, 4) is 0 Å². The Morgan fingerprint density at radius 2 is 0.944 bits per heavy atom. The number of allylic oxidation sites excluding steroid dienone is 17. The zero-order valence-electron chi connectivity index (χ0n) is 46.9. The molecule has 9 nitrogen and oxygen atoms in total. The van der Waals surface area contributed by atoms with Gasteiger partial charge in [0.15, 0.2) is 0 Å². The molecule has 3 unspecified atom stereocenters. The molecule has 0 aromatic carbocycles. The van der Waals surface area contributed by atoms with E-state index in [9.17, 15) is 19.0 Å². The van der Waals surface area contributed by atoms with Crippen molar-refractivity contribution in [3.05, 3.63) is 109 Å². The lowest BCUT2D eigenvalue weighted by molar-refractivity contribution is -0.870. The molecule has 0 rings (SSSR count). The fraction of sp³-hybridized carbons (Fsp3) is 0.677. The van der Waals surface area contributed by atoms with Gasteiger partial charge in [-0.05, 0) is 96.0 Å². The van der Waals surface area contributed by atoms with Crippen LogP contribution in [0, 0.1) is 0 Å². The molecule has 72 heavy (non-hydrogen) atoms. The number of phosphoric acid groups is 1. The highest BCUT2D eigenvalue weighted by Gasteiger charge is 2.30. The molecule has 0 saturated carbocycles. The van der Waals surface area contributed by atoms with Crippen molar-refractivity contribution in [2.24, 2.45) is 0 Å². The van der Waals surface area contributed by atoms with Gasteiger partial charge in [-0.15, -0.1) is 0 Å². The number of carbonyl (C=O) groups excluding carboxylic acids is 2. The fourth-order valence-electron chi connectivity index (χ4n) is 7.54. The molecule has 0 bridgehead atoms. The van der Waals surface area contributed by atoms with Crippen molar-refractivity contribution >= 4 is 19.7 Å². The van der Waals surface area contributed by atoms with Crippen LogP contribution in [0.4, 0.5) is 0 Å². The van der Waals surface area contributed by atoms with Gasteiger partial charge in [-0.2, -0.15) is 0 Å². The zero-order chi connectivity index (χ0) is 52.9. The molecule has 10 heteroatoms. The van der Waals surface area contributed by atoms with E-state index < -0.39 is 25.9 Å². The number of phosphoric ester groups is 1. The first-order chi connectivity index (χ1) is 34.9. The molecule has 0 spiro atoms. The molecule has 3 atom stereocenters. The van der Waals surface area contributed by atoms with Crippen LogP contribution < -0.4 is 5.32 Å². The summed E-state index contributed by atoms with van der Waals surface area (Å²) in [4.78, 5) is 37.5. The van der Waals surface area contributed by atoms with Crippen LogP contribution >= 0.6 is 7.82 Å². The molecule has 2 N–H and O–H groups in total. The molecule has 1 amide bonds. The van der Waals surface area contributed by atoms with E-state index in [0.29, 0.717) is 23.9 Å². The van der Waals surface area contributed by atoms with Gasteiger partial charge in [0.1, 0.15) is 19.3 Å². The molecule has 0 radical (unpaired) electrons. The van der Waals surface area contributed by atoms with Gasteiger partial charge in [-0.3, -0.25) is 18.6 Å². The number of esters is 1. The van der Waals surface area contributed by atoms with Gasteiger partial charge in [-0.1, -0.05) is 220 Å². The number of quaternary nitrogens is 1. The van der Waals surface area contributed by atoms with Crippen molar-refractivity contribution in [1.82, 2.24) is 5.32 Å². The fourth-order valence-corrected chi connectivity index (χ4v) is 8.28. The number of hydrogen-bond donors (Lipinski definition) is 2. The quantitative estimate of drug-likeness (QED) is 0.0156. The molecular formula is C62H108N2O7P+. The number of likely N-dealkylation sites (N-methyl/N-ethyl adjacent to an activating group) is 1. The van der Waals surface area contributed by atoms with Crippen LogP contribution in [0.25, 0.3) is 0 Å². The second kappa shape index (κ2) is 51.2. The van der Waals surface area contributed by atoms with E-state index in [1.165, 1.54) is 89.9 Å². The van der Waals surface area contributed by atoms with Crippen LogP contribution in [0.5, 0.6) is 0 Å². The summed E-state index contributed by atoms with van der Waals surface area (Å²) in [6.45, 7) is 6.79. The normalized spacial score (nSPS) is 14.6. The highest BCUT2D eigenvalue weighted by molar-refractivity contribution is 7.47. The van der Waals surface area contributed by atoms with E-state index in [2.05, 4.69) is 111 Å². The third kappa shape index (κ3) is 51.6. The Morgan fingerprint density at radius 3 is 1.42 bits per heavy atom. The number of rotatable bonds is 50. The average molecular weight is 1020 g/mol. The molecule has 0 aliphatic heterocycles. The SMILES string of the molecule is CC/C=C\C/C=C\C/C=C\C/C=C\C/C=C\C/C=C\CCC(=O)OC(/C=C/CCCCCCCCCCC)C(COP(=O)(O)OCC[N+](C)(C)C)NC(=O)CCCCC/C=C/C=C/CCCCCCCCC. The smallest absolute Gasteiger partial charge is 0.456 e. The van der Waals surface area contributed by atoms with E-state index >= 15 is 0 Å². The lowest BCUT2D eigenvalue weighted by Crippen LogP contribution is -2.47. The van der Waals surface area contributed by atoms with Crippen molar-refractivity contribution in [2.75, 3.05) is 40.9 Å². The number of amides is 1. The first-order valence-electron chi connectivity index (χ1n) is 28.7. The monoisotopic (exact) mass is 1020 g/mol. The van der Waals surface area contributed by atoms with E-state index in [4.69, 9.17) is 13.8 Å². The van der Waals surface area contributed by atoms with E-state index in [-0.39, 0.29) is 32.0 Å². The summed E-state index contributed by atoms with van der Waals surface area (Å²) >= 11 is 0. The van der Waals surface area contributed by atoms with Gasteiger partial charge in [0.05, 0.1) is 33.8 Å². The highest BCUT2D eigenvalue weighted by Crippen LogP contribution is 2.43. The number of carbonyl (C=O) groups is 2. The van der Waals surface area contributed by atoms with Gasteiger partial charge >= 0.3 is 13.8 Å². The molecule has 0 saturated heterocycles. The molecule has 0 aliphatic rings. The highest BCUT2D eigenvalue weighted by atomic mass is 31.2. The molecule has 0 aromatic rings. The Balaban J connectivity index is 5.49. The Hall–Kier alpha value is -3.33. The van der Waals surface area contributed by atoms with Crippen LogP contribution in [0.15, 0.2) is 109 Å². The third-order valence-electron chi connectivity index (χ3n) is 12.0. The van der Waals surface area contributed by atoms with Gasteiger partial charge < -0.3 is 19.4 Å². The van der Waals surface area contributed by atoms with Gasteiger partial charge in [0.25, 0.3) is 0 Å². The maximum Gasteiger partial charge on any atom is 0.472 e. The van der Waals surface area contributed by atoms with Crippen LogP contribution in [0.2, 0.25) is 0 Å². The molecule has 0 aliphatic carbocycles. The summed E-state index contributed by atoms with van der Waals surface area (Å²) in [6, 6.07) is -0.898. The molecule has 0 fully saturated rings. The van der Waals surface area contributed by atoms with Crippen molar-refractivity contribution in [3.63, 3.8) is 0 Å². The summed E-state index contributed by atoms with van der Waals surface area (Å²) in [6.07, 6.45) is 69.6. The first kappa shape index (κ1) is 68.7. The van der Waals surface area contributed by atoms with E-state index in [0.717, 1.165) is 83.5 Å². The molecule has 412 valence electrons. The molecule has 0 heterocycles. The number of nitrogens with zero attached hydrogens (tertiary/aromatic N) is 1. The van der Waals surface area contributed by atoms with Crippen LogP contribution in [-0.4, -0.2) is 74.3 Å².